The molecule has 22 heavy (non-hydrogen) atoms. The first kappa shape index (κ1) is 14.0. The van der Waals surface area contributed by atoms with Crippen LogP contribution in [0.4, 0.5) is 10.5 Å². The van der Waals surface area contributed by atoms with E-state index < -0.39 is 24.6 Å². The fourth-order valence-corrected chi connectivity index (χ4v) is 2.70. The monoisotopic (exact) mass is 295 g/mol. The van der Waals surface area contributed by atoms with Crippen LogP contribution in [0.3, 0.4) is 0 Å². The number of hydrogen-bond donors (Lipinski definition) is 1. The summed E-state index contributed by atoms with van der Waals surface area (Å²) < 4.78 is 0. The number of anilines is 1. The highest BCUT2D eigenvalue weighted by Crippen LogP contribution is 2.32. The number of carbonyl (C=O) groups excluding carboxylic acids is 2. The van der Waals surface area contributed by atoms with E-state index in [2.05, 4.69) is 6.07 Å². The predicted molar refractivity (Wildman–Crippen MR) is 80.2 cm³/mol. The number of aliphatic hydroxyl groups is 1. The zero-order chi connectivity index (χ0) is 15.9. The Bertz CT molecular complexity index is 825. The van der Waals surface area contributed by atoms with E-state index in [0.29, 0.717) is 22.0 Å². The molecule has 0 bridgehead atoms. The van der Waals surface area contributed by atoms with E-state index in [1.54, 1.807) is 36.4 Å². The normalized spacial score (nSPS) is 18.1. The Hall–Kier alpha value is -2.91. The minimum Gasteiger partial charge on any atom is -0.394 e. The van der Waals surface area contributed by atoms with Crippen molar-refractivity contribution in [1.82, 2.24) is 4.90 Å². The van der Waals surface area contributed by atoms with E-state index in [-0.39, 0.29) is 0 Å². The average molecular weight is 295 g/mol. The highest BCUT2D eigenvalue weighted by molar-refractivity contribution is 6.24. The van der Waals surface area contributed by atoms with Crippen LogP contribution in [0.2, 0.25) is 0 Å². The first-order valence-electron chi connectivity index (χ1n) is 6.73. The fourth-order valence-electron chi connectivity index (χ4n) is 2.70. The van der Waals surface area contributed by atoms with Gasteiger partial charge in [0.25, 0.3) is 5.91 Å². The molecule has 1 aliphatic rings. The summed E-state index contributed by atoms with van der Waals surface area (Å²) in [6.07, 6.45) is 0. The van der Waals surface area contributed by atoms with E-state index in [4.69, 9.17) is 0 Å². The summed E-state index contributed by atoms with van der Waals surface area (Å²) in [4.78, 5) is 27.0. The second-order valence-electron chi connectivity index (χ2n) is 5.06. The third-order valence-corrected chi connectivity index (χ3v) is 3.90. The zero-order valence-corrected chi connectivity index (χ0v) is 11.9. The number of nitrogens with zero attached hydrogens (tertiary/aromatic N) is 3. The number of aliphatic hydroxyl groups excluding tert-OH is 1. The maximum Gasteiger partial charge on any atom is 0.331 e. The van der Waals surface area contributed by atoms with Crippen LogP contribution in [0.25, 0.3) is 10.8 Å². The van der Waals surface area contributed by atoms with Crippen LogP contribution in [0, 0.1) is 11.3 Å². The number of hydrogen-bond acceptors (Lipinski definition) is 4. The van der Waals surface area contributed by atoms with E-state index in [1.807, 2.05) is 0 Å². The molecule has 0 aliphatic carbocycles. The molecule has 1 saturated heterocycles. The first-order chi connectivity index (χ1) is 10.6. The quantitative estimate of drug-likeness (QED) is 0.850. The molecular weight excluding hydrogens is 282 g/mol. The van der Waals surface area contributed by atoms with E-state index in [9.17, 15) is 20.0 Å². The van der Waals surface area contributed by atoms with Gasteiger partial charge in [0.15, 0.2) is 0 Å². The Morgan fingerprint density at radius 3 is 2.45 bits per heavy atom. The summed E-state index contributed by atoms with van der Waals surface area (Å²) in [5.41, 5.74) is 0.901. The third kappa shape index (κ3) is 1.84. The lowest BCUT2D eigenvalue weighted by atomic mass is 10.0. The zero-order valence-electron chi connectivity index (χ0n) is 11.9. The number of imide groups is 1. The first-order valence-corrected chi connectivity index (χ1v) is 6.73. The summed E-state index contributed by atoms with van der Waals surface area (Å²) in [6.45, 7) is -0.425. The molecule has 3 amide bonds. The number of nitriles is 1. The van der Waals surface area contributed by atoms with Crippen molar-refractivity contribution in [3.63, 3.8) is 0 Å². The van der Waals surface area contributed by atoms with E-state index in [0.717, 1.165) is 4.90 Å². The van der Waals surface area contributed by atoms with Crippen LogP contribution in [-0.4, -0.2) is 41.6 Å². The van der Waals surface area contributed by atoms with Crippen LogP contribution < -0.4 is 4.90 Å². The molecule has 0 saturated carbocycles. The lowest BCUT2D eigenvalue weighted by Gasteiger charge is -2.16. The molecule has 110 valence electrons. The van der Waals surface area contributed by atoms with Crippen molar-refractivity contribution >= 4 is 28.4 Å². The Morgan fingerprint density at radius 1 is 1.18 bits per heavy atom. The fraction of sp³-hybridized carbons (Fsp3) is 0.188. The summed E-state index contributed by atoms with van der Waals surface area (Å²) in [5.74, 6) is -0.468. The Morgan fingerprint density at radius 2 is 1.86 bits per heavy atom. The van der Waals surface area contributed by atoms with Gasteiger partial charge in [0.2, 0.25) is 0 Å². The van der Waals surface area contributed by atoms with Gasteiger partial charge in [0.1, 0.15) is 6.04 Å². The minimum absolute atomic E-state index is 0.424. The Kier molecular flexibility index (Phi) is 3.28. The lowest BCUT2D eigenvalue weighted by molar-refractivity contribution is -0.120. The standard InChI is InChI=1S/C16H13N3O3/c1-18-14(9-20)15(21)19(16(18)22)13-7-6-10(8-17)11-4-2-3-5-12(11)13/h2-7,14,20H,9H2,1H3/t14-/m0/s1. The van der Waals surface area contributed by atoms with Gasteiger partial charge in [0.05, 0.1) is 23.9 Å². The van der Waals surface area contributed by atoms with Crippen LogP contribution in [0.5, 0.6) is 0 Å². The maximum atomic E-state index is 12.4. The van der Waals surface area contributed by atoms with Gasteiger partial charge < -0.3 is 10.0 Å². The van der Waals surface area contributed by atoms with Crippen LogP contribution in [-0.2, 0) is 4.79 Å². The van der Waals surface area contributed by atoms with Crippen LogP contribution in [0.1, 0.15) is 5.56 Å². The summed E-state index contributed by atoms with van der Waals surface area (Å²) in [7, 11) is 1.48. The molecule has 1 fully saturated rings. The van der Waals surface area contributed by atoms with Crippen molar-refractivity contribution in [1.29, 1.82) is 5.26 Å². The van der Waals surface area contributed by atoms with Crippen LogP contribution in [0.15, 0.2) is 36.4 Å². The third-order valence-electron chi connectivity index (χ3n) is 3.90. The SMILES string of the molecule is CN1C(=O)N(c2ccc(C#N)c3ccccc23)C(=O)[C@@H]1CO. The molecule has 1 heterocycles. The average Bonchev–Trinajstić information content (AvgIpc) is 2.76. The number of urea groups is 1. The topological polar surface area (TPSA) is 84.6 Å². The highest BCUT2D eigenvalue weighted by atomic mass is 16.3. The van der Waals surface area contributed by atoms with Gasteiger partial charge in [-0.05, 0) is 12.1 Å². The highest BCUT2D eigenvalue weighted by Gasteiger charge is 2.44. The molecule has 1 N–H and O–H groups in total. The smallest absolute Gasteiger partial charge is 0.331 e. The van der Waals surface area contributed by atoms with Crippen LogP contribution >= 0.6 is 0 Å². The number of amides is 3. The van der Waals surface area contributed by atoms with Gasteiger partial charge in [0, 0.05) is 17.8 Å². The van der Waals surface area contributed by atoms with Gasteiger partial charge in [-0.15, -0.1) is 0 Å². The van der Waals surface area contributed by atoms with Gasteiger partial charge in [-0.3, -0.25) is 4.79 Å². The van der Waals surface area contributed by atoms with Gasteiger partial charge >= 0.3 is 6.03 Å². The number of carbonyl (C=O) groups is 2. The van der Waals surface area contributed by atoms with Gasteiger partial charge in [-0.2, -0.15) is 5.26 Å². The maximum absolute atomic E-state index is 12.4. The van der Waals surface area contributed by atoms with E-state index >= 15 is 0 Å². The Labute approximate surface area is 126 Å². The van der Waals surface area contributed by atoms with Crippen molar-refractivity contribution in [2.45, 2.75) is 6.04 Å². The molecule has 1 aliphatic heterocycles. The second kappa shape index (κ2) is 5.13. The number of rotatable bonds is 2. The Balaban J connectivity index is 2.22. The molecule has 0 unspecified atom stereocenters. The summed E-state index contributed by atoms with van der Waals surface area (Å²) in [5, 5.41) is 19.8. The molecular formula is C16H13N3O3. The summed E-state index contributed by atoms with van der Waals surface area (Å²) >= 11 is 0. The second-order valence-corrected chi connectivity index (χ2v) is 5.06. The van der Waals surface area contributed by atoms with Crippen molar-refractivity contribution in [2.75, 3.05) is 18.6 Å². The van der Waals surface area contributed by atoms with Gasteiger partial charge in [-0.25, -0.2) is 9.69 Å². The van der Waals surface area contributed by atoms with Gasteiger partial charge in [-0.1, -0.05) is 24.3 Å². The van der Waals surface area contributed by atoms with Crippen molar-refractivity contribution < 1.29 is 14.7 Å². The molecule has 0 radical (unpaired) electrons. The molecule has 1 atom stereocenters. The molecule has 0 spiro atoms. The molecule has 2 aromatic carbocycles. The predicted octanol–water partition coefficient (Wildman–Crippen LogP) is 1.47. The summed E-state index contributed by atoms with van der Waals surface area (Å²) in [6, 6.07) is 11.0. The largest absolute Gasteiger partial charge is 0.394 e. The number of fused-ring (bicyclic) bond motifs is 1. The number of benzene rings is 2. The van der Waals surface area contributed by atoms with Crippen molar-refractivity contribution in [2.24, 2.45) is 0 Å². The van der Waals surface area contributed by atoms with Crippen molar-refractivity contribution in [3.05, 3.63) is 42.0 Å². The molecule has 2 aromatic rings. The molecule has 6 heteroatoms. The van der Waals surface area contributed by atoms with E-state index in [1.165, 1.54) is 11.9 Å². The molecule has 3 rings (SSSR count). The lowest BCUT2D eigenvalue weighted by Crippen LogP contribution is -2.34. The number of likely N-dealkylation sites (N-methyl/N-ethyl adjacent to an activating group) is 1. The minimum atomic E-state index is -0.873. The molecule has 6 nitrogen and oxygen atoms in total. The molecule has 0 aromatic heterocycles. The van der Waals surface area contributed by atoms with Crippen molar-refractivity contribution in [3.8, 4) is 6.07 Å².